The topological polar surface area (TPSA) is 276 Å². The first-order valence-electron chi connectivity index (χ1n) is 16.9. The summed E-state index contributed by atoms with van der Waals surface area (Å²) < 4.78 is 11.4. The second-order valence-corrected chi connectivity index (χ2v) is 14.3. The van der Waals surface area contributed by atoms with Crippen molar-refractivity contribution < 1.29 is 64.7 Å². The van der Waals surface area contributed by atoms with Crippen LogP contribution in [0.1, 0.15) is 23.1 Å². The molecule has 0 bridgehead atoms. The van der Waals surface area contributed by atoms with E-state index in [9.17, 15) is 55.2 Å². The van der Waals surface area contributed by atoms with E-state index in [0.29, 0.717) is 16.8 Å². The van der Waals surface area contributed by atoms with Gasteiger partial charge in [0.2, 0.25) is 12.1 Å². The summed E-state index contributed by atoms with van der Waals surface area (Å²) in [7, 11) is 6.56. The lowest BCUT2D eigenvalue weighted by Gasteiger charge is -2.50. The molecular formula is C36H44N4O13. The number of hydrogen-bond donors (Lipinski definition) is 10. The van der Waals surface area contributed by atoms with Gasteiger partial charge < -0.3 is 66.3 Å². The predicted octanol–water partition coefficient (Wildman–Crippen LogP) is -1.18. The molecule has 2 aromatic rings. The number of para-hydroxylation sites is 1. The zero-order valence-electron chi connectivity index (χ0n) is 29.4. The number of Topliss-reactive ketones (excluding diaryl/α,β-unsaturated/α-hetero) is 2. The number of ether oxygens (including phenoxy) is 2. The molecule has 11 N–H and O–H groups in total. The van der Waals surface area contributed by atoms with E-state index in [1.165, 1.54) is 19.0 Å². The van der Waals surface area contributed by atoms with Gasteiger partial charge in [-0.3, -0.25) is 19.3 Å². The number of nitrogens with one attached hydrogen (secondary N) is 1. The summed E-state index contributed by atoms with van der Waals surface area (Å²) in [6.07, 6.45) is -7.47. The monoisotopic (exact) mass is 740 g/mol. The van der Waals surface area contributed by atoms with E-state index in [4.69, 9.17) is 15.2 Å². The van der Waals surface area contributed by atoms with Gasteiger partial charge >= 0.3 is 0 Å². The van der Waals surface area contributed by atoms with Crippen LogP contribution in [-0.4, -0.2) is 140 Å². The SMILES string of the molecule is CN(C)c1cc(NCc2ccccc2O[C@@H]2O[C@H](CO)[C@@H](O)[C@@H](O)[C@H]2O)c(O)c2c1C[C@H]1C[C@H]3[C@H](N(C)C)C(=O)C(C(N)=O)=C(O)[C@@]3(O)C(=O)C1=C2O. The Hall–Kier alpha value is -4.75. The fraction of sp³-hybridized carbons (Fsp3) is 0.472. The third kappa shape index (κ3) is 5.97. The lowest BCUT2D eigenvalue weighted by Crippen LogP contribution is -2.65. The Morgan fingerprint density at radius 1 is 1.06 bits per heavy atom. The number of phenols is 1. The standard InChI is InChI=1S/C36H44N4O13/c1-39(2)19-11-18(38-12-14-7-5-6-8-20(14)52-35-31(47)30(46)27(43)21(13-41)53-35)26(42)23-16(19)9-15-10-17-25(40(3)4)29(45)24(34(37)50)33(49)36(17,51)32(48)22(15)28(23)44/h5-8,11,15,17,21,25,27,30-31,35,38,41-44,46-47,49,51H,9-10,12-13H2,1-4H3,(H2,37,50)/t15-,17-,21+,25-,27+,30+,31+,35+,36-/m0/s1. The van der Waals surface area contributed by atoms with Gasteiger partial charge in [-0.1, -0.05) is 18.2 Å². The van der Waals surface area contributed by atoms with Crippen molar-refractivity contribution in [2.45, 2.75) is 61.7 Å². The van der Waals surface area contributed by atoms with Crippen molar-refractivity contribution in [3.63, 3.8) is 0 Å². The van der Waals surface area contributed by atoms with E-state index in [0.717, 1.165) is 0 Å². The summed E-state index contributed by atoms with van der Waals surface area (Å²) in [5.74, 6) is -7.29. The van der Waals surface area contributed by atoms with Crippen LogP contribution in [-0.2, 0) is 32.1 Å². The number of nitrogens with zero attached hydrogens (tertiary/aromatic N) is 2. The molecule has 1 saturated heterocycles. The summed E-state index contributed by atoms with van der Waals surface area (Å²) in [6, 6.07) is 7.03. The fourth-order valence-electron chi connectivity index (χ4n) is 8.07. The molecule has 3 aliphatic carbocycles. The van der Waals surface area contributed by atoms with Crippen LogP contribution in [0.25, 0.3) is 5.76 Å². The van der Waals surface area contributed by atoms with E-state index in [-0.39, 0.29) is 42.0 Å². The molecule has 17 nitrogen and oxygen atoms in total. The van der Waals surface area contributed by atoms with Crippen LogP contribution in [0.5, 0.6) is 11.5 Å². The van der Waals surface area contributed by atoms with Gasteiger partial charge in [0.15, 0.2) is 11.4 Å². The number of rotatable bonds is 9. The molecule has 0 radical (unpaired) electrons. The largest absolute Gasteiger partial charge is 0.508 e. The van der Waals surface area contributed by atoms with Crippen LogP contribution in [0, 0.1) is 11.8 Å². The minimum Gasteiger partial charge on any atom is -0.508 e. The van der Waals surface area contributed by atoms with Crippen molar-refractivity contribution in [1.82, 2.24) is 4.90 Å². The average molecular weight is 741 g/mol. The number of anilines is 2. The fourth-order valence-corrected chi connectivity index (χ4v) is 8.07. The number of hydrogen-bond acceptors (Lipinski definition) is 16. The maximum Gasteiger partial charge on any atom is 0.255 e. The summed E-state index contributed by atoms with van der Waals surface area (Å²) in [6.45, 7) is -0.654. The van der Waals surface area contributed by atoms with Gasteiger partial charge in [-0.05, 0) is 50.6 Å². The van der Waals surface area contributed by atoms with Gasteiger partial charge in [0, 0.05) is 43.4 Å². The number of aliphatic hydroxyl groups excluding tert-OH is 6. The summed E-state index contributed by atoms with van der Waals surface area (Å²) >= 11 is 0. The molecule has 0 spiro atoms. The Bertz CT molecular complexity index is 1910. The van der Waals surface area contributed by atoms with Gasteiger partial charge in [-0.2, -0.15) is 0 Å². The van der Waals surface area contributed by atoms with Gasteiger partial charge in [0.1, 0.15) is 53.0 Å². The molecule has 0 aromatic heterocycles. The van der Waals surface area contributed by atoms with Crippen molar-refractivity contribution in [1.29, 1.82) is 0 Å². The Morgan fingerprint density at radius 2 is 1.74 bits per heavy atom. The number of carbonyl (C=O) groups is 3. The molecule has 1 amide bonds. The van der Waals surface area contributed by atoms with E-state index < -0.39 is 101 Å². The second-order valence-electron chi connectivity index (χ2n) is 14.3. The third-order valence-corrected chi connectivity index (χ3v) is 10.7. The highest BCUT2D eigenvalue weighted by Crippen LogP contribution is 2.54. The number of amides is 1. The number of aliphatic hydroxyl groups is 7. The van der Waals surface area contributed by atoms with Crippen LogP contribution in [0.3, 0.4) is 0 Å². The highest BCUT2D eigenvalue weighted by molar-refractivity contribution is 6.24. The predicted molar refractivity (Wildman–Crippen MR) is 187 cm³/mol. The zero-order valence-corrected chi connectivity index (χ0v) is 29.4. The molecule has 17 heteroatoms. The maximum atomic E-state index is 14.3. The van der Waals surface area contributed by atoms with E-state index >= 15 is 0 Å². The lowest BCUT2D eigenvalue weighted by atomic mass is 9.57. The number of primary amides is 1. The highest BCUT2D eigenvalue weighted by atomic mass is 16.7. The van der Waals surface area contributed by atoms with Crippen LogP contribution in [0.15, 0.2) is 47.2 Å². The van der Waals surface area contributed by atoms with Gasteiger partial charge in [-0.25, -0.2) is 0 Å². The quantitative estimate of drug-likeness (QED) is 0.107. The first-order valence-corrected chi connectivity index (χ1v) is 16.9. The number of benzene rings is 2. The van der Waals surface area contributed by atoms with Crippen LogP contribution >= 0.6 is 0 Å². The number of fused-ring (bicyclic) bond motifs is 3. The lowest BCUT2D eigenvalue weighted by molar-refractivity contribution is -0.277. The number of aromatic hydroxyl groups is 1. The van der Waals surface area contributed by atoms with Gasteiger partial charge in [0.05, 0.1) is 23.9 Å². The van der Waals surface area contributed by atoms with Gasteiger partial charge in [0.25, 0.3) is 5.91 Å². The van der Waals surface area contributed by atoms with E-state index in [1.807, 2.05) is 0 Å². The van der Waals surface area contributed by atoms with Crippen molar-refractivity contribution in [2.24, 2.45) is 17.6 Å². The Labute approximate surface area is 303 Å². The van der Waals surface area contributed by atoms with Crippen LogP contribution in [0.4, 0.5) is 11.4 Å². The third-order valence-electron chi connectivity index (χ3n) is 10.7. The molecule has 0 unspecified atom stereocenters. The molecule has 1 aliphatic heterocycles. The van der Waals surface area contributed by atoms with E-state index in [2.05, 4.69) is 5.32 Å². The normalized spacial score (nSPS) is 31.2. The summed E-state index contributed by atoms with van der Waals surface area (Å²) in [4.78, 5) is 43.1. The van der Waals surface area contributed by atoms with E-state index in [1.54, 1.807) is 49.3 Å². The smallest absolute Gasteiger partial charge is 0.255 e. The summed E-state index contributed by atoms with van der Waals surface area (Å²) in [5.41, 5.74) is 3.02. The zero-order chi connectivity index (χ0) is 38.8. The summed E-state index contributed by atoms with van der Waals surface area (Å²) in [5, 5.41) is 90.1. The first-order chi connectivity index (χ1) is 24.9. The highest BCUT2D eigenvalue weighted by Gasteiger charge is 2.64. The molecule has 2 fully saturated rings. The van der Waals surface area contributed by atoms with Crippen molar-refractivity contribution >= 4 is 34.6 Å². The minimum absolute atomic E-state index is 0.0123. The Morgan fingerprint density at radius 3 is 2.36 bits per heavy atom. The van der Waals surface area contributed by atoms with Crippen LogP contribution in [0.2, 0.25) is 0 Å². The van der Waals surface area contributed by atoms with Crippen molar-refractivity contribution in [2.75, 3.05) is 45.0 Å². The molecule has 4 aliphatic rings. The molecule has 1 saturated carbocycles. The Balaban J connectivity index is 1.37. The molecule has 1 heterocycles. The number of ketones is 2. The average Bonchev–Trinajstić information content (AvgIpc) is 3.09. The molecule has 286 valence electrons. The second kappa shape index (κ2) is 13.9. The maximum absolute atomic E-state index is 14.3. The first kappa shape index (κ1) is 38.0. The van der Waals surface area contributed by atoms with Crippen LogP contribution < -0.4 is 20.7 Å². The number of nitrogens with two attached hydrogens (primary N) is 1. The molecular weight excluding hydrogens is 696 g/mol. The molecule has 6 rings (SSSR count). The minimum atomic E-state index is -2.77. The molecule has 2 aromatic carbocycles. The Kier molecular flexibility index (Phi) is 9.97. The number of phenolic OH excluding ortho intramolecular Hbond substituents is 1. The number of likely N-dealkylation sites (N-methyl/N-ethyl adjacent to an activating group) is 1. The van der Waals surface area contributed by atoms with Crippen molar-refractivity contribution in [3.8, 4) is 11.5 Å². The van der Waals surface area contributed by atoms with Gasteiger partial charge in [-0.15, -0.1) is 0 Å². The van der Waals surface area contributed by atoms with Crippen molar-refractivity contribution in [3.05, 3.63) is 63.9 Å². The molecule has 53 heavy (non-hydrogen) atoms. The number of carbonyl (C=O) groups excluding carboxylic acids is 3. The molecule has 9 atom stereocenters.